The summed E-state index contributed by atoms with van der Waals surface area (Å²) in [4.78, 5) is 0. The fraction of sp³-hybridized carbons (Fsp3) is 0.200. The number of benzene rings is 2. The third-order valence-corrected chi connectivity index (χ3v) is 3.48. The highest BCUT2D eigenvalue weighted by molar-refractivity contribution is 6.34. The molecule has 1 atom stereocenters. The largest absolute Gasteiger partial charge is 0.384 e. The van der Waals surface area contributed by atoms with Crippen molar-refractivity contribution >= 4 is 23.2 Å². The summed E-state index contributed by atoms with van der Waals surface area (Å²) >= 11 is 11.9. The van der Waals surface area contributed by atoms with Crippen LogP contribution in [0.15, 0.2) is 36.4 Å². The van der Waals surface area contributed by atoms with E-state index in [2.05, 4.69) is 0 Å². The summed E-state index contributed by atoms with van der Waals surface area (Å²) in [5, 5.41) is 11.4. The molecule has 0 fully saturated rings. The van der Waals surface area contributed by atoms with E-state index in [0.717, 1.165) is 11.1 Å². The van der Waals surface area contributed by atoms with Crippen molar-refractivity contribution in [2.24, 2.45) is 0 Å². The predicted molar refractivity (Wildman–Crippen MR) is 76.4 cm³/mol. The van der Waals surface area contributed by atoms with Crippen LogP contribution in [0.25, 0.3) is 0 Å². The molecule has 0 amide bonds. The van der Waals surface area contributed by atoms with E-state index in [1.807, 2.05) is 32.0 Å². The van der Waals surface area contributed by atoms with Crippen LogP contribution in [0.3, 0.4) is 0 Å². The van der Waals surface area contributed by atoms with Gasteiger partial charge in [0, 0.05) is 10.0 Å². The summed E-state index contributed by atoms with van der Waals surface area (Å²) in [5.41, 5.74) is 3.90. The van der Waals surface area contributed by atoms with E-state index in [-0.39, 0.29) is 0 Å². The highest BCUT2D eigenvalue weighted by atomic mass is 35.5. The second kappa shape index (κ2) is 5.31. The second-order valence-electron chi connectivity index (χ2n) is 4.45. The van der Waals surface area contributed by atoms with Crippen LogP contribution in [0.2, 0.25) is 10.0 Å². The fourth-order valence-corrected chi connectivity index (χ4v) is 2.40. The molecule has 0 bridgehead atoms. The van der Waals surface area contributed by atoms with Gasteiger partial charge >= 0.3 is 0 Å². The van der Waals surface area contributed by atoms with Crippen LogP contribution in [0.4, 0.5) is 0 Å². The van der Waals surface area contributed by atoms with Gasteiger partial charge in [-0.15, -0.1) is 0 Å². The molecule has 0 aliphatic heterocycles. The van der Waals surface area contributed by atoms with Crippen LogP contribution >= 0.6 is 23.2 Å². The summed E-state index contributed by atoms with van der Waals surface area (Å²) in [7, 11) is 0. The topological polar surface area (TPSA) is 20.2 Å². The Balaban J connectivity index is 2.40. The highest BCUT2D eigenvalue weighted by Crippen LogP contribution is 2.28. The lowest BCUT2D eigenvalue weighted by atomic mass is 9.98. The second-order valence-corrected chi connectivity index (χ2v) is 5.32. The third kappa shape index (κ3) is 2.86. The van der Waals surface area contributed by atoms with Crippen molar-refractivity contribution in [1.82, 2.24) is 0 Å². The van der Waals surface area contributed by atoms with Gasteiger partial charge in [0.05, 0.1) is 0 Å². The summed E-state index contributed by atoms with van der Waals surface area (Å²) in [6, 6.07) is 11.0. The standard InChI is InChI=1S/C15H14Cl2O/c1-9-3-4-11(5-10(9)2)15(18)12-6-13(16)8-14(17)7-12/h3-8,15,18H,1-2H3. The molecule has 18 heavy (non-hydrogen) atoms. The lowest BCUT2D eigenvalue weighted by molar-refractivity contribution is 0.220. The smallest absolute Gasteiger partial charge is 0.104 e. The predicted octanol–water partition coefficient (Wildman–Crippen LogP) is 4.69. The van der Waals surface area contributed by atoms with Crippen molar-refractivity contribution in [2.45, 2.75) is 20.0 Å². The first-order valence-corrected chi connectivity index (χ1v) is 6.44. The maximum atomic E-state index is 10.3. The Hall–Kier alpha value is -1.02. The number of aliphatic hydroxyl groups is 1. The molecule has 2 aromatic rings. The van der Waals surface area contributed by atoms with Gasteiger partial charge in [0.2, 0.25) is 0 Å². The van der Waals surface area contributed by atoms with Crippen molar-refractivity contribution in [1.29, 1.82) is 0 Å². The molecule has 0 radical (unpaired) electrons. The molecule has 2 rings (SSSR count). The van der Waals surface area contributed by atoms with E-state index in [9.17, 15) is 5.11 Å². The number of rotatable bonds is 2. The van der Waals surface area contributed by atoms with Gasteiger partial charge in [-0.2, -0.15) is 0 Å². The average molecular weight is 281 g/mol. The van der Waals surface area contributed by atoms with Gasteiger partial charge in [0.25, 0.3) is 0 Å². The minimum Gasteiger partial charge on any atom is -0.384 e. The van der Waals surface area contributed by atoms with Gasteiger partial charge in [-0.25, -0.2) is 0 Å². The normalized spacial score (nSPS) is 12.5. The van der Waals surface area contributed by atoms with Crippen molar-refractivity contribution in [2.75, 3.05) is 0 Å². The molecule has 1 unspecified atom stereocenters. The Morgan fingerprint density at radius 2 is 1.44 bits per heavy atom. The average Bonchev–Trinajstić information content (AvgIpc) is 2.30. The first kappa shape index (κ1) is 13.4. The Morgan fingerprint density at radius 3 is 2.00 bits per heavy atom. The SMILES string of the molecule is Cc1ccc(C(O)c2cc(Cl)cc(Cl)c2)cc1C. The lowest BCUT2D eigenvalue weighted by Crippen LogP contribution is -2.00. The molecule has 1 N–H and O–H groups in total. The molecular formula is C15H14Cl2O. The van der Waals surface area contributed by atoms with Gasteiger partial charge < -0.3 is 5.11 Å². The molecule has 94 valence electrons. The quantitative estimate of drug-likeness (QED) is 0.846. The lowest BCUT2D eigenvalue weighted by Gasteiger charge is -2.14. The summed E-state index contributed by atoms with van der Waals surface area (Å²) in [6.07, 6.45) is -0.708. The molecule has 2 aromatic carbocycles. The molecule has 0 saturated heterocycles. The van der Waals surface area contributed by atoms with Crippen LogP contribution in [0, 0.1) is 13.8 Å². The summed E-state index contributed by atoms with van der Waals surface area (Å²) in [5.74, 6) is 0. The first-order chi connectivity index (χ1) is 8.47. The maximum absolute atomic E-state index is 10.3. The van der Waals surface area contributed by atoms with Crippen LogP contribution < -0.4 is 0 Å². The molecule has 0 saturated carbocycles. The van der Waals surface area contributed by atoms with E-state index in [4.69, 9.17) is 23.2 Å². The number of hydrogen-bond acceptors (Lipinski definition) is 1. The number of aliphatic hydroxyl groups excluding tert-OH is 1. The van der Waals surface area contributed by atoms with Gasteiger partial charge in [-0.1, -0.05) is 41.4 Å². The molecule has 0 aliphatic rings. The van der Waals surface area contributed by atoms with Crippen molar-refractivity contribution in [3.63, 3.8) is 0 Å². The van der Waals surface area contributed by atoms with E-state index < -0.39 is 6.10 Å². The number of aryl methyl sites for hydroxylation is 2. The molecular weight excluding hydrogens is 267 g/mol. The van der Waals surface area contributed by atoms with E-state index in [0.29, 0.717) is 15.6 Å². The van der Waals surface area contributed by atoms with Gasteiger partial charge in [0.1, 0.15) is 6.10 Å². The minimum atomic E-state index is -0.708. The molecule has 0 aromatic heterocycles. The van der Waals surface area contributed by atoms with Crippen molar-refractivity contribution < 1.29 is 5.11 Å². The van der Waals surface area contributed by atoms with E-state index in [1.165, 1.54) is 5.56 Å². The molecule has 0 heterocycles. The monoisotopic (exact) mass is 280 g/mol. The maximum Gasteiger partial charge on any atom is 0.104 e. The summed E-state index contributed by atoms with van der Waals surface area (Å²) < 4.78 is 0. The van der Waals surface area contributed by atoms with Crippen LogP contribution in [0.5, 0.6) is 0 Å². The van der Waals surface area contributed by atoms with Gasteiger partial charge in [-0.3, -0.25) is 0 Å². The third-order valence-electron chi connectivity index (χ3n) is 3.05. The highest BCUT2D eigenvalue weighted by Gasteiger charge is 2.12. The van der Waals surface area contributed by atoms with Crippen LogP contribution in [-0.2, 0) is 0 Å². The van der Waals surface area contributed by atoms with Crippen LogP contribution in [0.1, 0.15) is 28.4 Å². The molecule has 3 heteroatoms. The zero-order valence-corrected chi connectivity index (χ0v) is 11.8. The van der Waals surface area contributed by atoms with Gasteiger partial charge in [0.15, 0.2) is 0 Å². The Morgan fingerprint density at radius 1 is 0.833 bits per heavy atom. The summed E-state index contributed by atoms with van der Waals surface area (Å²) in [6.45, 7) is 4.07. The zero-order valence-electron chi connectivity index (χ0n) is 10.2. The van der Waals surface area contributed by atoms with E-state index >= 15 is 0 Å². The van der Waals surface area contributed by atoms with Crippen molar-refractivity contribution in [3.05, 3.63) is 68.7 Å². The van der Waals surface area contributed by atoms with E-state index in [1.54, 1.807) is 18.2 Å². The van der Waals surface area contributed by atoms with Crippen molar-refractivity contribution in [3.8, 4) is 0 Å². The molecule has 0 aliphatic carbocycles. The minimum absolute atomic E-state index is 0.528. The van der Waals surface area contributed by atoms with Crippen LogP contribution in [-0.4, -0.2) is 5.11 Å². The first-order valence-electron chi connectivity index (χ1n) is 5.68. The Kier molecular flexibility index (Phi) is 3.96. The molecule has 0 spiro atoms. The zero-order chi connectivity index (χ0) is 13.3. The fourth-order valence-electron chi connectivity index (χ4n) is 1.86. The Labute approximate surface area is 117 Å². The van der Waals surface area contributed by atoms with Gasteiger partial charge in [-0.05, 0) is 54.3 Å². The molecule has 1 nitrogen and oxygen atoms in total. The number of hydrogen-bond donors (Lipinski definition) is 1. The Bertz CT molecular complexity index is 558. The number of halogens is 2.